The van der Waals surface area contributed by atoms with Crippen LogP contribution in [0.25, 0.3) is 0 Å². The second-order valence-electron chi connectivity index (χ2n) is 8.69. The molecule has 0 radical (unpaired) electrons. The topological polar surface area (TPSA) is 57.6 Å². The van der Waals surface area contributed by atoms with Crippen LogP contribution < -0.4 is 4.90 Å². The summed E-state index contributed by atoms with van der Waals surface area (Å²) in [5, 5.41) is 11.8. The number of hydrogen-bond donors (Lipinski definition) is 1. The maximum Gasteiger partial charge on any atom is 0.239 e. The summed E-state index contributed by atoms with van der Waals surface area (Å²) in [5.41, 5.74) is 3.44. The first kappa shape index (κ1) is 18.8. The maximum absolute atomic E-state index is 13.9. The van der Waals surface area contributed by atoms with Gasteiger partial charge in [0.1, 0.15) is 0 Å². The van der Waals surface area contributed by atoms with Gasteiger partial charge in [-0.2, -0.15) is 0 Å². The van der Waals surface area contributed by atoms with E-state index in [9.17, 15) is 14.7 Å². The number of imide groups is 1. The lowest BCUT2D eigenvalue weighted by Gasteiger charge is -2.55. The van der Waals surface area contributed by atoms with Gasteiger partial charge >= 0.3 is 0 Å². The fourth-order valence-corrected chi connectivity index (χ4v) is 6.59. The SMILES string of the molecule is C[C@@H](O)C12c3ccccc3C(c3ccccc31)[C@H]1C(=O)N(c3cccc(Cl)c3)C(=O)[C@H]12. The number of carbonyl (C=O) groups excluding carboxylic acids is 2. The number of amides is 2. The molecule has 1 saturated heterocycles. The molecule has 154 valence electrons. The average Bonchev–Trinajstić information content (AvgIpc) is 3.04. The van der Waals surface area contributed by atoms with Crippen LogP contribution >= 0.6 is 11.6 Å². The summed E-state index contributed by atoms with van der Waals surface area (Å²) in [6, 6.07) is 22.7. The van der Waals surface area contributed by atoms with Gasteiger partial charge in [0.05, 0.1) is 29.0 Å². The number of hydrogen-bond acceptors (Lipinski definition) is 3. The first-order valence-corrected chi connectivity index (χ1v) is 10.9. The van der Waals surface area contributed by atoms with E-state index >= 15 is 0 Å². The molecule has 5 heteroatoms. The lowest BCUT2D eigenvalue weighted by molar-refractivity contribution is -0.126. The van der Waals surface area contributed by atoms with Crippen LogP contribution in [0.4, 0.5) is 5.69 Å². The van der Waals surface area contributed by atoms with E-state index in [1.165, 1.54) is 4.90 Å². The largest absolute Gasteiger partial charge is 0.392 e. The Bertz CT molecular complexity index is 1220. The van der Waals surface area contributed by atoms with Crippen LogP contribution in [-0.2, 0) is 15.0 Å². The number of aliphatic hydroxyl groups is 1. The number of aliphatic hydroxyl groups excluding tert-OH is 1. The molecular weight excluding hydrogens is 410 g/mol. The van der Waals surface area contributed by atoms with Crippen molar-refractivity contribution in [1.29, 1.82) is 0 Å². The molecule has 1 heterocycles. The van der Waals surface area contributed by atoms with Gasteiger partial charge in [-0.15, -0.1) is 0 Å². The number of halogens is 1. The fourth-order valence-electron chi connectivity index (χ4n) is 6.41. The molecule has 31 heavy (non-hydrogen) atoms. The molecule has 3 aliphatic carbocycles. The summed E-state index contributed by atoms with van der Waals surface area (Å²) < 4.78 is 0. The highest BCUT2D eigenvalue weighted by atomic mass is 35.5. The van der Waals surface area contributed by atoms with Crippen molar-refractivity contribution >= 4 is 29.1 Å². The molecule has 0 spiro atoms. The van der Waals surface area contributed by atoms with Crippen LogP contribution in [0.2, 0.25) is 5.02 Å². The van der Waals surface area contributed by atoms with Gasteiger partial charge in [-0.25, -0.2) is 4.90 Å². The van der Waals surface area contributed by atoms with Gasteiger partial charge in [0.2, 0.25) is 11.8 Å². The van der Waals surface area contributed by atoms with Gasteiger partial charge in [-0.05, 0) is 47.4 Å². The molecule has 7 rings (SSSR count). The number of nitrogens with zero attached hydrogens (tertiary/aromatic N) is 1. The summed E-state index contributed by atoms with van der Waals surface area (Å²) in [6.45, 7) is 1.73. The van der Waals surface area contributed by atoms with Crippen LogP contribution in [-0.4, -0.2) is 23.0 Å². The number of anilines is 1. The molecule has 3 aromatic rings. The molecule has 3 atom stereocenters. The minimum absolute atomic E-state index is 0.223. The molecule has 3 aromatic carbocycles. The Morgan fingerprint density at radius 3 is 2.10 bits per heavy atom. The summed E-state index contributed by atoms with van der Waals surface area (Å²) in [7, 11) is 0. The molecule has 2 bridgehead atoms. The minimum atomic E-state index is -0.979. The Hall–Kier alpha value is -2.95. The Labute approximate surface area is 185 Å². The van der Waals surface area contributed by atoms with Crippen LogP contribution in [0.3, 0.4) is 0 Å². The average molecular weight is 430 g/mol. The van der Waals surface area contributed by atoms with Gasteiger partial charge < -0.3 is 5.11 Å². The highest BCUT2D eigenvalue weighted by Gasteiger charge is 2.69. The first-order valence-electron chi connectivity index (χ1n) is 10.5. The lowest BCUT2D eigenvalue weighted by Crippen LogP contribution is -2.58. The number of rotatable bonds is 2. The van der Waals surface area contributed by atoms with Crippen molar-refractivity contribution in [3.63, 3.8) is 0 Å². The molecule has 0 unspecified atom stereocenters. The van der Waals surface area contributed by atoms with Crippen molar-refractivity contribution in [2.75, 3.05) is 4.90 Å². The fraction of sp³-hybridized carbons (Fsp3) is 0.231. The van der Waals surface area contributed by atoms with E-state index in [2.05, 4.69) is 0 Å². The number of benzene rings is 3. The molecule has 1 aliphatic heterocycles. The van der Waals surface area contributed by atoms with E-state index < -0.39 is 23.4 Å². The second kappa shape index (κ2) is 6.28. The quantitative estimate of drug-likeness (QED) is 0.619. The maximum atomic E-state index is 13.9. The van der Waals surface area contributed by atoms with E-state index in [1.54, 1.807) is 31.2 Å². The van der Waals surface area contributed by atoms with Crippen molar-refractivity contribution < 1.29 is 14.7 Å². The van der Waals surface area contributed by atoms with Gasteiger partial charge in [0.15, 0.2) is 0 Å². The van der Waals surface area contributed by atoms with Crippen LogP contribution in [0.15, 0.2) is 72.8 Å². The van der Waals surface area contributed by atoms with Crippen LogP contribution in [0.5, 0.6) is 0 Å². The summed E-state index contributed by atoms with van der Waals surface area (Å²) in [4.78, 5) is 29.0. The Morgan fingerprint density at radius 2 is 1.52 bits per heavy atom. The van der Waals surface area contributed by atoms with Crippen molar-refractivity contribution in [1.82, 2.24) is 0 Å². The Morgan fingerprint density at radius 1 is 0.903 bits per heavy atom. The zero-order valence-electron chi connectivity index (χ0n) is 16.8. The monoisotopic (exact) mass is 429 g/mol. The van der Waals surface area contributed by atoms with Crippen molar-refractivity contribution in [3.8, 4) is 0 Å². The second-order valence-corrected chi connectivity index (χ2v) is 9.13. The first-order chi connectivity index (χ1) is 15.0. The van der Waals surface area contributed by atoms with E-state index in [4.69, 9.17) is 11.6 Å². The molecule has 1 fully saturated rings. The molecular formula is C26H20ClNO3. The van der Waals surface area contributed by atoms with E-state index in [0.29, 0.717) is 10.7 Å². The van der Waals surface area contributed by atoms with Gasteiger partial charge in [-0.3, -0.25) is 9.59 Å². The smallest absolute Gasteiger partial charge is 0.239 e. The van der Waals surface area contributed by atoms with Crippen molar-refractivity contribution in [2.24, 2.45) is 11.8 Å². The van der Waals surface area contributed by atoms with E-state index in [0.717, 1.165) is 22.3 Å². The highest BCUT2D eigenvalue weighted by molar-refractivity contribution is 6.31. The molecule has 0 aromatic heterocycles. The van der Waals surface area contributed by atoms with Crippen molar-refractivity contribution in [3.05, 3.63) is 100 Å². The van der Waals surface area contributed by atoms with Gasteiger partial charge in [-0.1, -0.05) is 66.2 Å². The molecule has 1 N–H and O–H groups in total. The van der Waals surface area contributed by atoms with Crippen LogP contribution in [0.1, 0.15) is 35.1 Å². The zero-order valence-corrected chi connectivity index (χ0v) is 17.6. The normalized spacial score (nSPS) is 28.9. The van der Waals surface area contributed by atoms with E-state index in [-0.39, 0.29) is 17.7 Å². The third-order valence-electron chi connectivity index (χ3n) is 7.41. The standard InChI is InChI=1S/C26H20ClNO3/c1-14(29)26-19-11-4-2-9-17(19)21(18-10-3-5-12-20(18)26)22-23(26)25(31)28(24(22)30)16-8-6-7-15(27)13-16/h2-14,21-23,29H,1H3/t14-,21?,22-,23+,26?/m1/s1. The van der Waals surface area contributed by atoms with Gasteiger partial charge in [0.25, 0.3) is 0 Å². The highest BCUT2D eigenvalue weighted by Crippen LogP contribution is 2.65. The zero-order chi connectivity index (χ0) is 21.5. The molecule has 4 nitrogen and oxygen atoms in total. The van der Waals surface area contributed by atoms with Gasteiger partial charge in [0, 0.05) is 10.9 Å². The Kier molecular flexibility index (Phi) is 3.81. The van der Waals surface area contributed by atoms with Crippen LogP contribution in [0, 0.1) is 11.8 Å². The molecule has 0 saturated carbocycles. The third kappa shape index (κ3) is 2.14. The van der Waals surface area contributed by atoms with E-state index in [1.807, 2.05) is 48.5 Å². The van der Waals surface area contributed by atoms with Crippen molar-refractivity contribution in [2.45, 2.75) is 24.4 Å². The summed E-state index contributed by atoms with van der Waals surface area (Å²) >= 11 is 6.18. The third-order valence-corrected chi connectivity index (χ3v) is 7.64. The minimum Gasteiger partial charge on any atom is -0.392 e. The number of carbonyl (C=O) groups is 2. The molecule has 2 amide bonds. The Balaban J connectivity index is 1.67. The molecule has 4 aliphatic rings. The lowest BCUT2D eigenvalue weighted by atomic mass is 9.46. The predicted molar refractivity (Wildman–Crippen MR) is 118 cm³/mol. The summed E-state index contributed by atoms with van der Waals surface area (Å²) in [6.07, 6.45) is -0.861. The summed E-state index contributed by atoms with van der Waals surface area (Å²) in [5.74, 6) is -1.96. The predicted octanol–water partition coefficient (Wildman–Crippen LogP) is 4.27.